The van der Waals surface area contributed by atoms with E-state index in [1.54, 1.807) is 0 Å². The van der Waals surface area contributed by atoms with Crippen molar-refractivity contribution in [1.29, 1.82) is 0 Å². The molecule has 0 aromatic heterocycles. The number of piperidine rings is 1. The standard InChI is InChI=1S/C7H12INO/c8-6-1-2-9-7(3-6)4-10-5-7/h6,9H,1-5H2/t6-/m0/s1. The van der Waals surface area contributed by atoms with Crippen molar-refractivity contribution in [3.63, 3.8) is 0 Å². The molecule has 0 unspecified atom stereocenters. The van der Waals surface area contributed by atoms with E-state index in [1.807, 2.05) is 0 Å². The fraction of sp³-hybridized carbons (Fsp3) is 1.00. The molecule has 10 heavy (non-hydrogen) atoms. The van der Waals surface area contributed by atoms with Crippen LogP contribution >= 0.6 is 22.6 Å². The molecule has 3 heteroatoms. The van der Waals surface area contributed by atoms with Gasteiger partial charge < -0.3 is 10.1 Å². The van der Waals surface area contributed by atoms with Crippen molar-refractivity contribution < 1.29 is 4.74 Å². The molecule has 2 heterocycles. The lowest BCUT2D eigenvalue weighted by Crippen LogP contribution is -2.64. The Morgan fingerprint density at radius 3 is 2.70 bits per heavy atom. The quantitative estimate of drug-likeness (QED) is 0.512. The third-order valence-corrected chi connectivity index (χ3v) is 3.39. The second-order valence-corrected chi connectivity index (χ2v) is 5.05. The highest BCUT2D eigenvalue weighted by Crippen LogP contribution is 2.30. The average molecular weight is 253 g/mol. The van der Waals surface area contributed by atoms with Crippen LogP contribution < -0.4 is 5.32 Å². The van der Waals surface area contributed by atoms with Crippen molar-refractivity contribution >= 4 is 22.6 Å². The van der Waals surface area contributed by atoms with Crippen LogP contribution in [0.15, 0.2) is 0 Å². The molecule has 2 aliphatic heterocycles. The summed E-state index contributed by atoms with van der Waals surface area (Å²) in [4.78, 5) is 0. The van der Waals surface area contributed by atoms with E-state index in [0.29, 0.717) is 5.54 Å². The van der Waals surface area contributed by atoms with Gasteiger partial charge in [-0.2, -0.15) is 0 Å². The van der Waals surface area contributed by atoms with Crippen molar-refractivity contribution in [1.82, 2.24) is 5.32 Å². The molecule has 0 radical (unpaired) electrons. The van der Waals surface area contributed by atoms with Gasteiger partial charge in [0.25, 0.3) is 0 Å². The van der Waals surface area contributed by atoms with Crippen LogP contribution in [0.2, 0.25) is 0 Å². The second-order valence-electron chi connectivity index (χ2n) is 3.29. The van der Waals surface area contributed by atoms with Gasteiger partial charge in [0.15, 0.2) is 0 Å². The zero-order valence-corrected chi connectivity index (χ0v) is 8.06. The Hall–Kier alpha value is 0.650. The molecule has 2 rings (SSSR count). The van der Waals surface area contributed by atoms with E-state index >= 15 is 0 Å². The van der Waals surface area contributed by atoms with Gasteiger partial charge >= 0.3 is 0 Å². The molecule has 1 N–H and O–H groups in total. The highest BCUT2D eigenvalue weighted by Gasteiger charge is 2.41. The summed E-state index contributed by atoms with van der Waals surface area (Å²) in [5, 5.41) is 3.53. The number of hydrogen-bond acceptors (Lipinski definition) is 2. The van der Waals surface area contributed by atoms with Crippen LogP contribution in [-0.2, 0) is 4.74 Å². The zero-order chi connectivity index (χ0) is 7.03. The summed E-state index contributed by atoms with van der Waals surface area (Å²) in [6, 6.07) is 0. The molecule has 1 atom stereocenters. The Labute approximate surface area is 74.8 Å². The van der Waals surface area contributed by atoms with E-state index < -0.39 is 0 Å². The summed E-state index contributed by atoms with van der Waals surface area (Å²) < 4.78 is 6.06. The van der Waals surface area contributed by atoms with E-state index in [9.17, 15) is 0 Å². The van der Waals surface area contributed by atoms with E-state index in [4.69, 9.17) is 4.74 Å². The maximum absolute atomic E-state index is 5.20. The predicted octanol–water partition coefficient (Wildman–Crippen LogP) is 0.942. The second kappa shape index (κ2) is 2.60. The van der Waals surface area contributed by atoms with Crippen LogP contribution in [0.4, 0.5) is 0 Å². The van der Waals surface area contributed by atoms with Crippen LogP contribution in [0, 0.1) is 0 Å². The van der Waals surface area contributed by atoms with Gasteiger partial charge in [-0.1, -0.05) is 22.6 Å². The average Bonchev–Trinajstić information content (AvgIpc) is 1.85. The molecule has 58 valence electrons. The van der Waals surface area contributed by atoms with Crippen LogP contribution in [0.25, 0.3) is 0 Å². The van der Waals surface area contributed by atoms with Gasteiger partial charge in [-0.3, -0.25) is 0 Å². The smallest absolute Gasteiger partial charge is 0.0672 e. The minimum Gasteiger partial charge on any atom is -0.377 e. The lowest BCUT2D eigenvalue weighted by Gasteiger charge is -2.46. The van der Waals surface area contributed by atoms with E-state index in [-0.39, 0.29) is 0 Å². The fourth-order valence-corrected chi connectivity index (χ4v) is 2.81. The Morgan fingerprint density at radius 1 is 1.50 bits per heavy atom. The maximum Gasteiger partial charge on any atom is 0.0672 e. The molecule has 0 amide bonds. The number of nitrogens with one attached hydrogen (secondary N) is 1. The molecule has 0 bridgehead atoms. The molecule has 2 aliphatic rings. The number of rotatable bonds is 0. The monoisotopic (exact) mass is 253 g/mol. The summed E-state index contributed by atoms with van der Waals surface area (Å²) in [6.07, 6.45) is 2.62. The number of ether oxygens (including phenoxy) is 1. The minimum atomic E-state index is 0.393. The maximum atomic E-state index is 5.20. The third-order valence-electron chi connectivity index (χ3n) is 2.33. The summed E-state index contributed by atoms with van der Waals surface area (Å²) >= 11 is 2.54. The van der Waals surface area contributed by atoms with Gasteiger partial charge in [-0.05, 0) is 19.4 Å². The first-order valence-corrected chi connectivity index (χ1v) is 5.02. The Bertz CT molecular complexity index is 136. The Kier molecular flexibility index (Phi) is 1.90. The summed E-state index contributed by atoms with van der Waals surface area (Å²) in [6.45, 7) is 3.05. The SMILES string of the molecule is I[C@H]1CCNC2(COC2)C1. The van der Waals surface area contributed by atoms with Crippen molar-refractivity contribution in [2.24, 2.45) is 0 Å². The predicted molar refractivity (Wildman–Crippen MR) is 48.6 cm³/mol. The van der Waals surface area contributed by atoms with E-state index in [0.717, 1.165) is 17.1 Å². The van der Waals surface area contributed by atoms with Crippen LogP contribution in [0.1, 0.15) is 12.8 Å². The number of alkyl halides is 1. The van der Waals surface area contributed by atoms with Gasteiger partial charge in [0.05, 0.1) is 18.8 Å². The molecule has 1 spiro atoms. The lowest BCUT2D eigenvalue weighted by molar-refractivity contribution is -0.0839. The highest BCUT2D eigenvalue weighted by atomic mass is 127. The first-order chi connectivity index (χ1) is 4.81. The van der Waals surface area contributed by atoms with Gasteiger partial charge in [-0.15, -0.1) is 0 Å². The Balaban J connectivity index is 1.96. The molecular weight excluding hydrogens is 241 g/mol. The number of halogens is 1. The molecule has 2 fully saturated rings. The topological polar surface area (TPSA) is 21.3 Å². The molecule has 2 nitrogen and oxygen atoms in total. The molecule has 0 saturated carbocycles. The van der Waals surface area contributed by atoms with Crippen LogP contribution in [0.3, 0.4) is 0 Å². The van der Waals surface area contributed by atoms with Crippen molar-refractivity contribution in [2.45, 2.75) is 22.3 Å². The third kappa shape index (κ3) is 1.19. The normalized spacial score (nSPS) is 37.5. The van der Waals surface area contributed by atoms with Crippen LogP contribution in [0.5, 0.6) is 0 Å². The van der Waals surface area contributed by atoms with Crippen LogP contribution in [-0.4, -0.2) is 29.2 Å². The molecule has 0 aromatic carbocycles. The number of hydrogen-bond donors (Lipinski definition) is 1. The van der Waals surface area contributed by atoms with Crippen molar-refractivity contribution in [2.75, 3.05) is 19.8 Å². The first-order valence-electron chi connectivity index (χ1n) is 3.78. The highest BCUT2D eigenvalue weighted by molar-refractivity contribution is 14.1. The zero-order valence-electron chi connectivity index (χ0n) is 5.90. The molecule has 0 aromatic rings. The minimum absolute atomic E-state index is 0.393. The fourth-order valence-electron chi connectivity index (χ4n) is 1.66. The Morgan fingerprint density at radius 2 is 2.30 bits per heavy atom. The van der Waals surface area contributed by atoms with Gasteiger partial charge in [0.2, 0.25) is 0 Å². The summed E-state index contributed by atoms with van der Waals surface area (Å²) in [5.41, 5.74) is 0.393. The lowest BCUT2D eigenvalue weighted by atomic mass is 9.87. The first kappa shape index (κ1) is 7.31. The van der Waals surface area contributed by atoms with E-state index in [2.05, 4.69) is 27.9 Å². The summed E-state index contributed by atoms with van der Waals surface area (Å²) in [5.74, 6) is 0. The van der Waals surface area contributed by atoms with Gasteiger partial charge in [0.1, 0.15) is 0 Å². The van der Waals surface area contributed by atoms with Crippen molar-refractivity contribution in [3.05, 3.63) is 0 Å². The largest absolute Gasteiger partial charge is 0.377 e. The van der Waals surface area contributed by atoms with Crippen molar-refractivity contribution in [3.8, 4) is 0 Å². The summed E-state index contributed by atoms with van der Waals surface area (Å²) in [7, 11) is 0. The van der Waals surface area contributed by atoms with Gasteiger partial charge in [-0.25, -0.2) is 0 Å². The van der Waals surface area contributed by atoms with E-state index in [1.165, 1.54) is 19.4 Å². The molecular formula is C7H12INO. The molecule has 2 saturated heterocycles. The van der Waals surface area contributed by atoms with Gasteiger partial charge in [0, 0.05) is 3.92 Å². The molecule has 0 aliphatic carbocycles.